The molecule has 0 spiro atoms. The van der Waals surface area contributed by atoms with Crippen LogP contribution in [0.1, 0.15) is 18.4 Å². The smallest absolute Gasteiger partial charge is 0.308 e. The highest BCUT2D eigenvalue weighted by molar-refractivity contribution is 5.75. The van der Waals surface area contributed by atoms with Gasteiger partial charge in [0.2, 0.25) is 0 Å². The van der Waals surface area contributed by atoms with Gasteiger partial charge in [-0.05, 0) is 37.5 Å². The summed E-state index contributed by atoms with van der Waals surface area (Å²) in [6, 6.07) is 6.40. The van der Waals surface area contributed by atoms with Crippen molar-refractivity contribution < 1.29 is 14.3 Å². The standard InChI is InChI=1S/C14H16N2O3/c1-9-4-5-11-12(7-9)19-14(15-11)16-6-2-3-10(8-16)13(17)18/h4-5,7,10H,2-3,6,8H2,1H3,(H,17,18). The van der Waals surface area contributed by atoms with Crippen LogP contribution in [-0.4, -0.2) is 29.1 Å². The summed E-state index contributed by atoms with van der Waals surface area (Å²) < 4.78 is 5.74. The van der Waals surface area contributed by atoms with E-state index in [2.05, 4.69) is 4.98 Å². The molecule has 0 amide bonds. The maximum atomic E-state index is 11.1. The minimum atomic E-state index is -0.739. The lowest BCUT2D eigenvalue weighted by molar-refractivity contribution is -0.141. The number of rotatable bonds is 2. The first-order valence-corrected chi connectivity index (χ1v) is 6.48. The summed E-state index contributed by atoms with van der Waals surface area (Å²) in [4.78, 5) is 17.4. The maximum absolute atomic E-state index is 11.1. The van der Waals surface area contributed by atoms with Crippen molar-refractivity contribution in [2.75, 3.05) is 18.0 Å². The van der Waals surface area contributed by atoms with E-state index in [0.717, 1.165) is 36.0 Å². The Balaban J connectivity index is 1.89. The van der Waals surface area contributed by atoms with Gasteiger partial charge in [0.05, 0.1) is 5.92 Å². The first-order chi connectivity index (χ1) is 9.13. The number of aliphatic carboxylic acids is 1. The fourth-order valence-electron chi connectivity index (χ4n) is 2.51. The maximum Gasteiger partial charge on any atom is 0.308 e. The number of carboxylic acid groups (broad SMARTS) is 1. The molecule has 0 bridgehead atoms. The summed E-state index contributed by atoms with van der Waals surface area (Å²) in [5, 5.41) is 9.10. The molecule has 1 aromatic heterocycles. The summed E-state index contributed by atoms with van der Waals surface area (Å²) in [5.74, 6) is -1.07. The van der Waals surface area contributed by atoms with E-state index in [9.17, 15) is 4.79 Å². The van der Waals surface area contributed by atoms with Gasteiger partial charge in [0, 0.05) is 13.1 Å². The van der Waals surface area contributed by atoms with Gasteiger partial charge in [-0.3, -0.25) is 4.79 Å². The van der Waals surface area contributed by atoms with Crippen LogP contribution in [0.15, 0.2) is 22.6 Å². The predicted octanol–water partition coefficient (Wildman–Crippen LogP) is 2.44. The summed E-state index contributed by atoms with van der Waals surface area (Å²) in [6.07, 6.45) is 1.58. The molecule has 1 atom stereocenters. The van der Waals surface area contributed by atoms with Crippen LogP contribution in [0.4, 0.5) is 6.01 Å². The second kappa shape index (κ2) is 4.57. The Morgan fingerprint density at radius 1 is 1.53 bits per heavy atom. The molecular weight excluding hydrogens is 244 g/mol. The van der Waals surface area contributed by atoms with Crippen molar-refractivity contribution in [1.29, 1.82) is 0 Å². The third-order valence-corrected chi connectivity index (χ3v) is 3.57. The minimum absolute atomic E-state index is 0.328. The molecule has 100 valence electrons. The monoisotopic (exact) mass is 260 g/mol. The molecule has 5 heteroatoms. The van der Waals surface area contributed by atoms with Crippen LogP contribution in [0.5, 0.6) is 0 Å². The van der Waals surface area contributed by atoms with E-state index in [1.54, 1.807) is 0 Å². The predicted molar refractivity (Wildman–Crippen MR) is 71.3 cm³/mol. The zero-order valence-corrected chi connectivity index (χ0v) is 10.8. The fourth-order valence-corrected chi connectivity index (χ4v) is 2.51. The Morgan fingerprint density at radius 2 is 2.37 bits per heavy atom. The average Bonchev–Trinajstić information content (AvgIpc) is 2.81. The molecular formula is C14H16N2O3. The quantitative estimate of drug-likeness (QED) is 0.898. The van der Waals surface area contributed by atoms with E-state index < -0.39 is 5.97 Å². The highest BCUT2D eigenvalue weighted by Crippen LogP contribution is 2.26. The van der Waals surface area contributed by atoms with Crippen LogP contribution in [0, 0.1) is 12.8 Å². The molecule has 1 unspecified atom stereocenters. The van der Waals surface area contributed by atoms with Crippen molar-refractivity contribution in [3.05, 3.63) is 23.8 Å². The molecule has 1 aliphatic rings. The first-order valence-electron chi connectivity index (χ1n) is 6.48. The molecule has 1 N–H and O–H groups in total. The number of aryl methyl sites for hydroxylation is 1. The van der Waals surface area contributed by atoms with Crippen LogP contribution >= 0.6 is 0 Å². The molecule has 1 aliphatic heterocycles. The number of piperidine rings is 1. The molecule has 2 aromatic rings. The number of oxazole rings is 1. The van der Waals surface area contributed by atoms with Gasteiger partial charge in [-0.1, -0.05) is 6.07 Å². The zero-order valence-electron chi connectivity index (χ0n) is 10.8. The summed E-state index contributed by atoms with van der Waals surface area (Å²) in [6.45, 7) is 3.28. The van der Waals surface area contributed by atoms with E-state index in [0.29, 0.717) is 12.6 Å². The lowest BCUT2D eigenvalue weighted by atomic mass is 9.99. The van der Waals surface area contributed by atoms with Crippen molar-refractivity contribution >= 4 is 23.1 Å². The summed E-state index contributed by atoms with van der Waals surface area (Å²) in [5.41, 5.74) is 2.70. The Hall–Kier alpha value is -2.04. The fraction of sp³-hybridized carbons (Fsp3) is 0.429. The largest absolute Gasteiger partial charge is 0.481 e. The number of anilines is 1. The first kappa shape index (κ1) is 12.0. The van der Waals surface area contributed by atoms with Gasteiger partial charge in [0.25, 0.3) is 6.01 Å². The van der Waals surface area contributed by atoms with Gasteiger partial charge >= 0.3 is 5.97 Å². The van der Waals surface area contributed by atoms with Gasteiger partial charge in [-0.2, -0.15) is 4.98 Å². The van der Waals surface area contributed by atoms with Crippen LogP contribution in [0.3, 0.4) is 0 Å². The van der Waals surface area contributed by atoms with Gasteiger partial charge < -0.3 is 14.4 Å². The van der Waals surface area contributed by atoms with Crippen LogP contribution < -0.4 is 4.90 Å². The van der Waals surface area contributed by atoms with Gasteiger partial charge in [-0.25, -0.2) is 0 Å². The van der Waals surface area contributed by atoms with Crippen LogP contribution in [0.2, 0.25) is 0 Å². The Labute approximate surface area is 110 Å². The Morgan fingerprint density at radius 3 is 3.16 bits per heavy atom. The van der Waals surface area contributed by atoms with E-state index in [-0.39, 0.29) is 5.92 Å². The molecule has 5 nitrogen and oxygen atoms in total. The van der Waals surface area contributed by atoms with Crippen molar-refractivity contribution in [2.45, 2.75) is 19.8 Å². The molecule has 0 saturated carbocycles. The number of nitrogens with zero attached hydrogens (tertiary/aromatic N) is 2. The van der Waals surface area contributed by atoms with Gasteiger partial charge in [0.15, 0.2) is 5.58 Å². The number of benzene rings is 1. The van der Waals surface area contributed by atoms with Gasteiger partial charge in [-0.15, -0.1) is 0 Å². The minimum Gasteiger partial charge on any atom is -0.481 e. The normalized spacial score (nSPS) is 19.8. The lowest BCUT2D eigenvalue weighted by Gasteiger charge is -2.29. The second-order valence-electron chi connectivity index (χ2n) is 5.09. The number of hydrogen-bond donors (Lipinski definition) is 1. The average molecular weight is 260 g/mol. The number of fused-ring (bicyclic) bond motifs is 1. The molecule has 1 aromatic carbocycles. The van der Waals surface area contributed by atoms with Crippen molar-refractivity contribution in [3.63, 3.8) is 0 Å². The molecule has 0 radical (unpaired) electrons. The zero-order chi connectivity index (χ0) is 13.4. The van der Waals surface area contributed by atoms with Crippen molar-refractivity contribution in [2.24, 2.45) is 5.92 Å². The topological polar surface area (TPSA) is 66.6 Å². The summed E-state index contributed by atoms with van der Waals surface area (Å²) in [7, 11) is 0. The molecule has 0 aliphatic carbocycles. The van der Waals surface area contributed by atoms with Gasteiger partial charge in [0.1, 0.15) is 5.52 Å². The Bertz CT molecular complexity index is 620. The van der Waals surface area contributed by atoms with Crippen molar-refractivity contribution in [1.82, 2.24) is 4.98 Å². The molecule has 3 rings (SSSR count). The van der Waals surface area contributed by atoms with Crippen LogP contribution in [-0.2, 0) is 4.79 Å². The number of aromatic nitrogens is 1. The van der Waals surface area contributed by atoms with E-state index in [1.807, 2.05) is 30.0 Å². The molecule has 1 fully saturated rings. The Kier molecular flexibility index (Phi) is 2.89. The SMILES string of the molecule is Cc1ccc2nc(N3CCCC(C(=O)O)C3)oc2c1. The molecule has 1 saturated heterocycles. The number of carbonyl (C=O) groups is 1. The second-order valence-corrected chi connectivity index (χ2v) is 5.09. The van der Waals surface area contributed by atoms with Crippen LogP contribution in [0.25, 0.3) is 11.1 Å². The number of carboxylic acids is 1. The summed E-state index contributed by atoms with van der Waals surface area (Å²) >= 11 is 0. The van der Waals surface area contributed by atoms with Crippen molar-refractivity contribution in [3.8, 4) is 0 Å². The lowest BCUT2D eigenvalue weighted by Crippen LogP contribution is -2.38. The molecule has 19 heavy (non-hydrogen) atoms. The highest BCUT2D eigenvalue weighted by atomic mass is 16.4. The molecule has 2 heterocycles. The highest BCUT2D eigenvalue weighted by Gasteiger charge is 2.27. The van der Waals surface area contributed by atoms with E-state index in [1.165, 1.54) is 0 Å². The van der Waals surface area contributed by atoms with E-state index >= 15 is 0 Å². The van der Waals surface area contributed by atoms with E-state index in [4.69, 9.17) is 9.52 Å². The third-order valence-electron chi connectivity index (χ3n) is 3.57. The number of hydrogen-bond acceptors (Lipinski definition) is 4. The third kappa shape index (κ3) is 2.28.